The van der Waals surface area contributed by atoms with Gasteiger partial charge < -0.3 is 0 Å². The van der Waals surface area contributed by atoms with Crippen LogP contribution in [0.5, 0.6) is 0 Å². The number of halogens is 1. The molecule has 0 N–H and O–H groups in total. The first kappa shape index (κ1) is 8.91. The Hall–Kier alpha value is -0.670. The zero-order valence-electron chi connectivity index (χ0n) is 7.12. The van der Waals surface area contributed by atoms with Crippen LogP contribution >= 0.6 is 27.3 Å². The fraction of sp³-hybridized carbons (Fsp3) is 0.100. The summed E-state index contributed by atoms with van der Waals surface area (Å²) in [4.78, 5) is 5.36. The van der Waals surface area contributed by atoms with Crippen LogP contribution in [0.1, 0.15) is 5.56 Å². The summed E-state index contributed by atoms with van der Waals surface area (Å²) in [6.45, 7) is 2.10. The Labute approximate surface area is 89.6 Å². The van der Waals surface area contributed by atoms with Gasteiger partial charge >= 0.3 is 0 Å². The Bertz CT molecular complexity index is 422. The summed E-state index contributed by atoms with van der Waals surface area (Å²) in [5.41, 5.74) is 2.52. The van der Waals surface area contributed by atoms with Gasteiger partial charge in [0.05, 0.1) is 4.88 Å². The molecule has 66 valence electrons. The molecular weight excluding hydrogens is 246 g/mol. The van der Waals surface area contributed by atoms with E-state index < -0.39 is 0 Å². The van der Waals surface area contributed by atoms with Crippen LogP contribution in [-0.2, 0) is 0 Å². The molecule has 0 aliphatic heterocycles. The first-order valence-electron chi connectivity index (χ1n) is 3.94. The van der Waals surface area contributed by atoms with Crippen LogP contribution in [-0.4, -0.2) is 4.98 Å². The molecule has 0 aliphatic carbocycles. The van der Waals surface area contributed by atoms with Gasteiger partial charge in [0.1, 0.15) is 0 Å². The van der Waals surface area contributed by atoms with Gasteiger partial charge in [-0.05, 0) is 28.4 Å². The zero-order valence-corrected chi connectivity index (χ0v) is 9.52. The highest BCUT2D eigenvalue weighted by Gasteiger charge is 2.01. The van der Waals surface area contributed by atoms with Crippen LogP contribution in [0.3, 0.4) is 0 Å². The van der Waals surface area contributed by atoms with Crippen molar-refractivity contribution < 1.29 is 0 Å². The lowest BCUT2D eigenvalue weighted by molar-refractivity contribution is 1.38. The molecule has 0 bridgehead atoms. The summed E-state index contributed by atoms with van der Waals surface area (Å²) >= 11 is 5.01. The third-order valence-electron chi connectivity index (χ3n) is 1.78. The minimum atomic E-state index is 0.934. The highest BCUT2D eigenvalue weighted by molar-refractivity contribution is 9.11. The van der Waals surface area contributed by atoms with Gasteiger partial charge in [-0.1, -0.05) is 29.8 Å². The topological polar surface area (TPSA) is 12.9 Å². The number of thiazole rings is 1. The normalized spacial score (nSPS) is 10.3. The quantitative estimate of drug-likeness (QED) is 0.752. The Balaban J connectivity index is 2.46. The van der Waals surface area contributed by atoms with Crippen LogP contribution in [0, 0.1) is 6.92 Å². The molecule has 1 aromatic heterocycles. The predicted octanol–water partition coefficient (Wildman–Crippen LogP) is 3.88. The summed E-state index contributed by atoms with van der Waals surface area (Å²) in [5.74, 6) is 0. The van der Waals surface area contributed by atoms with Gasteiger partial charge in [-0.15, -0.1) is 11.3 Å². The molecule has 0 radical (unpaired) electrons. The van der Waals surface area contributed by atoms with E-state index in [-0.39, 0.29) is 0 Å². The third-order valence-corrected chi connectivity index (χ3v) is 3.31. The number of benzene rings is 1. The van der Waals surface area contributed by atoms with Crippen molar-refractivity contribution in [3.8, 4) is 10.4 Å². The summed E-state index contributed by atoms with van der Waals surface area (Å²) in [5, 5.41) is 0. The molecule has 1 heterocycles. The van der Waals surface area contributed by atoms with Gasteiger partial charge in [0.25, 0.3) is 0 Å². The molecule has 1 nitrogen and oxygen atoms in total. The van der Waals surface area contributed by atoms with E-state index in [1.165, 1.54) is 16.0 Å². The average molecular weight is 254 g/mol. The van der Waals surface area contributed by atoms with Gasteiger partial charge in [-0.2, -0.15) is 0 Å². The molecule has 0 aliphatic rings. The number of hydrogen-bond donors (Lipinski definition) is 0. The second-order valence-corrected chi connectivity index (χ2v) is 5.15. The maximum atomic E-state index is 4.16. The van der Waals surface area contributed by atoms with Crippen molar-refractivity contribution in [1.29, 1.82) is 0 Å². The molecule has 0 fully saturated rings. The molecule has 0 atom stereocenters. The first-order valence-corrected chi connectivity index (χ1v) is 5.55. The van der Waals surface area contributed by atoms with Crippen LogP contribution in [0.4, 0.5) is 0 Å². The van der Waals surface area contributed by atoms with E-state index in [4.69, 9.17) is 0 Å². The molecule has 2 rings (SSSR count). The Morgan fingerprint density at radius 3 is 2.85 bits per heavy atom. The van der Waals surface area contributed by atoms with E-state index in [1.807, 2.05) is 6.20 Å². The van der Waals surface area contributed by atoms with Crippen LogP contribution in [0.15, 0.2) is 34.4 Å². The average Bonchev–Trinajstić information content (AvgIpc) is 2.52. The van der Waals surface area contributed by atoms with E-state index >= 15 is 0 Å². The largest absolute Gasteiger partial charge is 0.237 e. The van der Waals surface area contributed by atoms with Crippen molar-refractivity contribution in [3.05, 3.63) is 39.9 Å². The standard InChI is InChI=1S/C10H8BrNS/c1-7-3-2-4-8(5-7)9-6-12-10(11)13-9/h2-6H,1H3. The minimum Gasteiger partial charge on any atom is -0.237 e. The van der Waals surface area contributed by atoms with Gasteiger partial charge in [0.15, 0.2) is 3.92 Å². The van der Waals surface area contributed by atoms with E-state index in [2.05, 4.69) is 52.1 Å². The van der Waals surface area contributed by atoms with Crippen molar-refractivity contribution in [2.24, 2.45) is 0 Å². The van der Waals surface area contributed by atoms with Gasteiger partial charge in [-0.25, -0.2) is 4.98 Å². The highest BCUT2D eigenvalue weighted by Crippen LogP contribution is 2.28. The smallest absolute Gasteiger partial charge is 0.159 e. The van der Waals surface area contributed by atoms with Gasteiger partial charge in [-0.3, -0.25) is 0 Å². The predicted molar refractivity (Wildman–Crippen MR) is 60.0 cm³/mol. The lowest BCUT2D eigenvalue weighted by Crippen LogP contribution is -1.73. The molecule has 1 aromatic carbocycles. The second-order valence-electron chi connectivity index (χ2n) is 2.85. The number of nitrogens with zero attached hydrogens (tertiary/aromatic N) is 1. The maximum absolute atomic E-state index is 4.16. The monoisotopic (exact) mass is 253 g/mol. The molecule has 0 saturated heterocycles. The first-order chi connectivity index (χ1) is 6.25. The number of aromatic nitrogens is 1. The SMILES string of the molecule is Cc1cccc(-c2cnc(Br)s2)c1. The second kappa shape index (κ2) is 3.60. The Kier molecular flexibility index (Phi) is 2.47. The van der Waals surface area contributed by atoms with Gasteiger partial charge in [0, 0.05) is 6.20 Å². The van der Waals surface area contributed by atoms with Crippen LogP contribution < -0.4 is 0 Å². The Morgan fingerprint density at radius 1 is 1.38 bits per heavy atom. The van der Waals surface area contributed by atoms with E-state index in [1.54, 1.807) is 11.3 Å². The number of aryl methyl sites for hydroxylation is 1. The summed E-state index contributed by atoms with van der Waals surface area (Å²) in [6.07, 6.45) is 1.89. The third kappa shape index (κ3) is 1.98. The molecule has 2 aromatic rings. The van der Waals surface area contributed by atoms with Crippen molar-refractivity contribution in [2.45, 2.75) is 6.92 Å². The fourth-order valence-electron chi connectivity index (χ4n) is 1.18. The molecule has 13 heavy (non-hydrogen) atoms. The van der Waals surface area contributed by atoms with Gasteiger partial charge in [0.2, 0.25) is 0 Å². The lowest BCUT2D eigenvalue weighted by atomic mass is 10.1. The van der Waals surface area contributed by atoms with Crippen molar-refractivity contribution >= 4 is 27.3 Å². The zero-order chi connectivity index (χ0) is 9.26. The molecule has 0 spiro atoms. The maximum Gasteiger partial charge on any atom is 0.159 e. The summed E-state index contributed by atoms with van der Waals surface area (Å²) in [6, 6.07) is 8.44. The van der Waals surface area contributed by atoms with E-state index in [9.17, 15) is 0 Å². The fourth-order valence-corrected chi connectivity index (χ4v) is 2.45. The molecule has 0 unspecified atom stereocenters. The lowest BCUT2D eigenvalue weighted by Gasteiger charge is -1.96. The summed E-state index contributed by atoms with van der Waals surface area (Å²) < 4.78 is 0.934. The highest BCUT2D eigenvalue weighted by atomic mass is 79.9. The van der Waals surface area contributed by atoms with E-state index in [0.717, 1.165) is 3.92 Å². The molecule has 3 heteroatoms. The summed E-state index contributed by atoms with van der Waals surface area (Å²) in [7, 11) is 0. The van der Waals surface area contributed by atoms with Crippen molar-refractivity contribution in [3.63, 3.8) is 0 Å². The van der Waals surface area contributed by atoms with Crippen LogP contribution in [0.2, 0.25) is 0 Å². The number of rotatable bonds is 1. The van der Waals surface area contributed by atoms with Crippen molar-refractivity contribution in [2.75, 3.05) is 0 Å². The van der Waals surface area contributed by atoms with E-state index in [0.29, 0.717) is 0 Å². The number of hydrogen-bond acceptors (Lipinski definition) is 2. The molecule has 0 saturated carbocycles. The molecular formula is C10H8BrNS. The Morgan fingerprint density at radius 2 is 2.23 bits per heavy atom. The van der Waals surface area contributed by atoms with Crippen molar-refractivity contribution in [1.82, 2.24) is 4.98 Å². The minimum absolute atomic E-state index is 0.934. The van der Waals surface area contributed by atoms with Crippen LogP contribution in [0.25, 0.3) is 10.4 Å². The molecule has 0 amide bonds.